The molecular weight excluding hydrogens is 288 g/mol. The van der Waals surface area contributed by atoms with Crippen LogP contribution in [-0.4, -0.2) is 99.5 Å². The van der Waals surface area contributed by atoms with Crippen molar-refractivity contribution in [1.29, 1.82) is 0 Å². The normalized spacial score (nSPS) is 48.3. The molecule has 2 saturated heterocycles. The molecule has 0 aliphatic carbocycles. The van der Waals surface area contributed by atoms with Crippen LogP contribution in [0.3, 0.4) is 0 Å². The van der Waals surface area contributed by atoms with Crippen LogP contribution >= 0.6 is 0 Å². The van der Waals surface area contributed by atoms with Gasteiger partial charge in [-0.25, -0.2) is 0 Å². The number of aliphatic hydroxyl groups is 6. The fourth-order valence-electron chi connectivity index (χ4n) is 2.50. The monoisotopic (exact) mass is 310 g/mol. The Hall–Kier alpha value is -0.360. The molecule has 0 aromatic carbocycles. The first-order chi connectivity index (χ1) is 9.97. The smallest absolute Gasteiger partial charge is 0.187 e. The molecule has 0 aromatic heterocycles. The number of aliphatic hydroxyl groups excluding tert-OH is 6. The van der Waals surface area contributed by atoms with Gasteiger partial charge in [0.25, 0.3) is 0 Å². The number of rotatable bonds is 4. The van der Waals surface area contributed by atoms with Gasteiger partial charge in [0.15, 0.2) is 6.29 Å². The average molecular weight is 310 g/mol. The summed E-state index contributed by atoms with van der Waals surface area (Å²) in [6.07, 6.45) is -8.97. The summed E-state index contributed by atoms with van der Waals surface area (Å²) in [7, 11) is 0. The Morgan fingerprint density at radius 2 is 1.57 bits per heavy atom. The summed E-state index contributed by atoms with van der Waals surface area (Å²) in [5.41, 5.74) is 0. The summed E-state index contributed by atoms with van der Waals surface area (Å²) in [6.45, 7) is -0.827. The predicted octanol–water partition coefficient (Wildman–Crippen LogP) is -3.69. The highest BCUT2D eigenvalue weighted by Crippen LogP contribution is 2.26. The lowest BCUT2D eigenvalue weighted by molar-refractivity contribution is -0.325. The van der Waals surface area contributed by atoms with Gasteiger partial charge >= 0.3 is 0 Å². The Bertz CT molecular complexity index is 326. The van der Waals surface area contributed by atoms with Crippen LogP contribution in [0.25, 0.3) is 0 Å². The Labute approximate surface area is 121 Å². The van der Waals surface area contributed by atoms with Crippen LogP contribution in [0.4, 0.5) is 0 Å². The Kier molecular flexibility index (Phi) is 5.88. The van der Waals surface area contributed by atoms with Crippen LogP contribution in [0.2, 0.25) is 0 Å². The van der Waals surface area contributed by atoms with Gasteiger partial charge in [0.1, 0.15) is 30.5 Å². The topological polar surface area (TPSA) is 149 Å². The first-order valence-corrected chi connectivity index (χ1v) is 6.84. The van der Waals surface area contributed by atoms with E-state index in [4.69, 9.17) is 19.3 Å². The Morgan fingerprint density at radius 1 is 0.905 bits per heavy atom. The molecule has 6 N–H and O–H groups in total. The molecule has 2 aliphatic heterocycles. The lowest BCUT2D eigenvalue weighted by Gasteiger charge is -2.42. The third-order valence-electron chi connectivity index (χ3n) is 3.76. The number of hydrogen-bond donors (Lipinski definition) is 6. The zero-order valence-corrected chi connectivity index (χ0v) is 11.4. The van der Waals surface area contributed by atoms with Gasteiger partial charge in [-0.05, 0) is 0 Å². The van der Waals surface area contributed by atoms with Gasteiger partial charge in [-0.15, -0.1) is 0 Å². The van der Waals surface area contributed by atoms with Crippen molar-refractivity contribution < 1.29 is 44.8 Å². The molecule has 0 radical (unpaired) electrons. The van der Waals surface area contributed by atoms with Crippen molar-refractivity contribution >= 4 is 0 Å². The minimum absolute atomic E-state index is 0.0692. The summed E-state index contributed by atoms with van der Waals surface area (Å²) in [5, 5.41) is 57.1. The molecule has 0 saturated carbocycles. The standard InChI is InChI=1S/C12H22O9/c13-2-7-6(1-5(15)4-19-7)20-12-11(18)10(17)9(16)8(3-14)21-12/h5-18H,1-4H2/t5-,6+,7-,8-,9-,10+,11-,12-/m1/s1. The fraction of sp³-hybridized carbons (Fsp3) is 1.00. The van der Waals surface area contributed by atoms with Crippen LogP contribution in [-0.2, 0) is 14.2 Å². The minimum atomic E-state index is -1.54. The van der Waals surface area contributed by atoms with Gasteiger partial charge in [0.05, 0.1) is 32.0 Å². The summed E-state index contributed by atoms with van der Waals surface area (Å²) in [4.78, 5) is 0. The second-order valence-electron chi connectivity index (χ2n) is 5.32. The maximum atomic E-state index is 9.87. The van der Waals surface area contributed by atoms with Crippen molar-refractivity contribution in [3.05, 3.63) is 0 Å². The van der Waals surface area contributed by atoms with E-state index in [-0.39, 0.29) is 19.6 Å². The Morgan fingerprint density at radius 3 is 2.19 bits per heavy atom. The lowest BCUT2D eigenvalue weighted by atomic mass is 9.98. The van der Waals surface area contributed by atoms with E-state index in [1.807, 2.05) is 0 Å². The van der Waals surface area contributed by atoms with Gasteiger partial charge in [0.2, 0.25) is 0 Å². The molecule has 0 spiro atoms. The maximum absolute atomic E-state index is 9.87. The van der Waals surface area contributed by atoms with Gasteiger partial charge in [-0.3, -0.25) is 0 Å². The first-order valence-electron chi connectivity index (χ1n) is 6.84. The van der Waals surface area contributed by atoms with E-state index < -0.39 is 55.6 Å². The molecule has 2 rings (SSSR count). The largest absolute Gasteiger partial charge is 0.394 e. The first kappa shape index (κ1) is 17.0. The molecule has 2 aliphatic rings. The van der Waals surface area contributed by atoms with E-state index in [1.165, 1.54) is 0 Å². The predicted molar refractivity (Wildman–Crippen MR) is 66.1 cm³/mol. The summed E-state index contributed by atoms with van der Waals surface area (Å²) >= 11 is 0. The quantitative estimate of drug-likeness (QED) is 0.308. The third kappa shape index (κ3) is 3.70. The zero-order chi connectivity index (χ0) is 15.6. The highest BCUT2D eigenvalue weighted by atomic mass is 16.7. The SMILES string of the molecule is OC[C@H]1O[C@@H](O[C@H]2C[C@@H](O)CO[C@@H]2CO)[C@H](O)[C@@H](O)[C@@H]1O. The molecule has 9 heteroatoms. The van der Waals surface area contributed by atoms with Crippen LogP contribution < -0.4 is 0 Å². The van der Waals surface area contributed by atoms with E-state index >= 15 is 0 Å². The lowest BCUT2D eigenvalue weighted by Crippen LogP contribution is -2.60. The van der Waals surface area contributed by atoms with Crippen LogP contribution in [0, 0.1) is 0 Å². The minimum Gasteiger partial charge on any atom is -0.394 e. The summed E-state index contributed by atoms with van der Waals surface area (Å²) < 4.78 is 15.9. The highest BCUT2D eigenvalue weighted by Gasteiger charge is 2.46. The molecular formula is C12H22O9. The molecule has 21 heavy (non-hydrogen) atoms. The second kappa shape index (κ2) is 7.27. The van der Waals surface area contributed by atoms with Crippen molar-refractivity contribution in [1.82, 2.24) is 0 Å². The molecule has 124 valence electrons. The van der Waals surface area contributed by atoms with E-state index in [1.54, 1.807) is 0 Å². The van der Waals surface area contributed by atoms with Crippen molar-refractivity contribution in [2.45, 2.75) is 55.4 Å². The Balaban J connectivity index is 2.02. The third-order valence-corrected chi connectivity index (χ3v) is 3.76. The summed E-state index contributed by atoms with van der Waals surface area (Å²) in [5.74, 6) is 0. The molecule has 0 aromatic rings. The van der Waals surface area contributed by atoms with Crippen molar-refractivity contribution in [2.24, 2.45) is 0 Å². The van der Waals surface area contributed by atoms with E-state index in [0.717, 1.165) is 0 Å². The zero-order valence-electron chi connectivity index (χ0n) is 11.4. The average Bonchev–Trinajstić information content (AvgIpc) is 2.48. The van der Waals surface area contributed by atoms with E-state index in [2.05, 4.69) is 0 Å². The fourth-order valence-corrected chi connectivity index (χ4v) is 2.50. The molecule has 2 heterocycles. The second-order valence-corrected chi connectivity index (χ2v) is 5.32. The maximum Gasteiger partial charge on any atom is 0.187 e. The van der Waals surface area contributed by atoms with Gasteiger partial charge < -0.3 is 44.8 Å². The van der Waals surface area contributed by atoms with Crippen molar-refractivity contribution in [3.8, 4) is 0 Å². The number of ether oxygens (including phenoxy) is 3. The van der Waals surface area contributed by atoms with Crippen LogP contribution in [0.15, 0.2) is 0 Å². The molecule has 8 atom stereocenters. The highest BCUT2D eigenvalue weighted by molar-refractivity contribution is 4.90. The van der Waals surface area contributed by atoms with Crippen molar-refractivity contribution in [2.75, 3.05) is 19.8 Å². The molecule has 0 bridgehead atoms. The molecule has 2 fully saturated rings. The summed E-state index contributed by atoms with van der Waals surface area (Å²) in [6, 6.07) is 0. The molecule has 0 amide bonds. The molecule has 9 nitrogen and oxygen atoms in total. The van der Waals surface area contributed by atoms with Gasteiger partial charge in [0, 0.05) is 6.42 Å². The number of hydrogen-bond acceptors (Lipinski definition) is 9. The van der Waals surface area contributed by atoms with Gasteiger partial charge in [-0.1, -0.05) is 0 Å². The van der Waals surface area contributed by atoms with E-state index in [0.29, 0.717) is 0 Å². The van der Waals surface area contributed by atoms with E-state index in [9.17, 15) is 25.5 Å². The molecule has 0 unspecified atom stereocenters. The van der Waals surface area contributed by atoms with Crippen LogP contribution in [0.5, 0.6) is 0 Å². The van der Waals surface area contributed by atoms with Crippen LogP contribution in [0.1, 0.15) is 6.42 Å². The van der Waals surface area contributed by atoms with Crippen molar-refractivity contribution in [3.63, 3.8) is 0 Å². The van der Waals surface area contributed by atoms with Gasteiger partial charge in [-0.2, -0.15) is 0 Å².